The summed E-state index contributed by atoms with van der Waals surface area (Å²) in [5, 5.41) is 25.5. The average Bonchev–Trinajstić information content (AvgIpc) is 2.69. The van der Waals surface area contributed by atoms with Crippen molar-refractivity contribution < 1.29 is 29.3 Å². The van der Waals surface area contributed by atoms with E-state index in [0.29, 0.717) is 17.5 Å². The van der Waals surface area contributed by atoms with Crippen LogP contribution in [-0.4, -0.2) is 62.3 Å². The summed E-state index contributed by atoms with van der Waals surface area (Å²) in [4.78, 5) is 41.3. The number of phenolic OH excluding ortho intramolecular Hbond substituents is 1. The maximum absolute atomic E-state index is 13.9. The van der Waals surface area contributed by atoms with Crippen LogP contribution in [0, 0.1) is 6.92 Å². The lowest BCUT2D eigenvalue weighted by molar-refractivity contribution is -0.150. The van der Waals surface area contributed by atoms with Crippen molar-refractivity contribution >= 4 is 17.9 Å². The van der Waals surface area contributed by atoms with Gasteiger partial charge in [0.15, 0.2) is 0 Å². The van der Waals surface area contributed by atoms with E-state index in [1.807, 2.05) is 41.5 Å². The zero-order valence-electron chi connectivity index (χ0n) is 22.8. The predicted octanol–water partition coefficient (Wildman–Crippen LogP) is 3.56. The van der Waals surface area contributed by atoms with Crippen LogP contribution in [0.4, 0.5) is 4.79 Å². The summed E-state index contributed by atoms with van der Waals surface area (Å²) in [5.74, 6) is -0.993. The van der Waals surface area contributed by atoms with E-state index in [4.69, 9.17) is 4.74 Å². The second-order valence-electron chi connectivity index (χ2n) is 11.4. The molecule has 2 atom stereocenters. The molecule has 9 nitrogen and oxygen atoms in total. The van der Waals surface area contributed by atoms with Crippen LogP contribution in [0.5, 0.6) is 5.75 Å². The number of alkyl carbamates (subject to hydrolysis) is 1. The first-order chi connectivity index (χ1) is 15.8. The fourth-order valence-electron chi connectivity index (χ4n) is 3.45. The molecule has 0 fully saturated rings. The molecule has 0 heterocycles. The zero-order valence-corrected chi connectivity index (χ0v) is 22.8. The Kier molecular flexibility index (Phi) is 9.74. The van der Waals surface area contributed by atoms with Crippen molar-refractivity contribution in [3.05, 3.63) is 29.3 Å². The Bertz CT molecular complexity index is 915. The van der Waals surface area contributed by atoms with Crippen LogP contribution in [0.15, 0.2) is 18.2 Å². The van der Waals surface area contributed by atoms with E-state index in [1.165, 1.54) is 11.0 Å². The molecule has 1 aromatic carbocycles. The second-order valence-corrected chi connectivity index (χ2v) is 11.4. The number of aliphatic hydroxyl groups is 1. The van der Waals surface area contributed by atoms with Crippen molar-refractivity contribution in [3.63, 3.8) is 0 Å². The van der Waals surface area contributed by atoms with Crippen LogP contribution < -0.4 is 10.6 Å². The number of ether oxygens (including phenoxy) is 1. The SMILES string of the molecule is CCC(C)(C)N(C(=O)C(CO)NC(=O)OC(C)(C)C)C(C(=O)NC(C)(C)C)c1ccc(O)c(C)c1. The Hall–Kier alpha value is -2.81. The van der Waals surface area contributed by atoms with Gasteiger partial charge in [0, 0.05) is 11.1 Å². The molecular formula is C26H43N3O6. The Morgan fingerprint density at radius 2 is 1.63 bits per heavy atom. The normalized spacial score (nSPS) is 14.0. The third-order valence-electron chi connectivity index (χ3n) is 5.47. The molecule has 4 N–H and O–H groups in total. The quantitative estimate of drug-likeness (QED) is 0.438. The highest BCUT2D eigenvalue weighted by Crippen LogP contribution is 2.34. The molecule has 0 aliphatic heterocycles. The lowest BCUT2D eigenvalue weighted by Gasteiger charge is -2.45. The van der Waals surface area contributed by atoms with E-state index in [2.05, 4.69) is 10.6 Å². The average molecular weight is 494 g/mol. The summed E-state index contributed by atoms with van der Waals surface area (Å²) in [6.45, 7) is 17.1. The Morgan fingerprint density at radius 3 is 2.06 bits per heavy atom. The Balaban J connectivity index is 3.63. The summed E-state index contributed by atoms with van der Waals surface area (Å²) in [6, 6.07) is 2.30. The van der Waals surface area contributed by atoms with Crippen molar-refractivity contribution in [1.82, 2.24) is 15.5 Å². The van der Waals surface area contributed by atoms with Crippen molar-refractivity contribution in [1.29, 1.82) is 0 Å². The van der Waals surface area contributed by atoms with Gasteiger partial charge in [0.2, 0.25) is 11.8 Å². The van der Waals surface area contributed by atoms with Gasteiger partial charge < -0.3 is 30.5 Å². The predicted molar refractivity (Wildman–Crippen MR) is 135 cm³/mol. The molecular weight excluding hydrogens is 450 g/mol. The van der Waals surface area contributed by atoms with Gasteiger partial charge in [-0.05, 0) is 92.0 Å². The maximum atomic E-state index is 13.9. The summed E-state index contributed by atoms with van der Waals surface area (Å²) in [5.41, 5.74) is -1.19. The van der Waals surface area contributed by atoms with E-state index in [1.54, 1.807) is 39.8 Å². The number of hydrogen-bond acceptors (Lipinski definition) is 6. The molecule has 3 amide bonds. The van der Waals surface area contributed by atoms with Crippen molar-refractivity contribution in [2.75, 3.05) is 6.61 Å². The van der Waals surface area contributed by atoms with E-state index < -0.39 is 53.3 Å². The van der Waals surface area contributed by atoms with Crippen LogP contribution in [0.2, 0.25) is 0 Å². The van der Waals surface area contributed by atoms with Gasteiger partial charge in [-0.15, -0.1) is 0 Å². The van der Waals surface area contributed by atoms with Crippen LogP contribution in [0.3, 0.4) is 0 Å². The zero-order chi connectivity index (χ0) is 27.4. The minimum Gasteiger partial charge on any atom is -0.508 e. The lowest BCUT2D eigenvalue weighted by Crippen LogP contribution is -2.61. The van der Waals surface area contributed by atoms with E-state index in [9.17, 15) is 24.6 Å². The molecule has 0 aromatic heterocycles. The van der Waals surface area contributed by atoms with Gasteiger partial charge in [0.1, 0.15) is 23.4 Å². The Labute approximate surface area is 209 Å². The molecule has 0 bridgehead atoms. The third kappa shape index (κ3) is 8.72. The topological polar surface area (TPSA) is 128 Å². The summed E-state index contributed by atoms with van der Waals surface area (Å²) >= 11 is 0. The van der Waals surface area contributed by atoms with E-state index in [0.717, 1.165) is 0 Å². The van der Waals surface area contributed by atoms with Crippen LogP contribution in [-0.2, 0) is 14.3 Å². The van der Waals surface area contributed by atoms with Crippen LogP contribution in [0.1, 0.15) is 85.9 Å². The van der Waals surface area contributed by atoms with Gasteiger partial charge in [-0.3, -0.25) is 9.59 Å². The first-order valence-corrected chi connectivity index (χ1v) is 11.9. The second kappa shape index (κ2) is 11.3. The van der Waals surface area contributed by atoms with Gasteiger partial charge in [0.25, 0.3) is 0 Å². The first-order valence-electron chi connectivity index (χ1n) is 11.9. The maximum Gasteiger partial charge on any atom is 0.408 e. The van der Waals surface area contributed by atoms with Gasteiger partial charge in [-0.25, -0.2) is 4.79 Å². The number of nitrogens with one attached hydrogen (secondary N) is 2. The number of carbonyl (C=O) groups excluding carboxylic acids is 3. The summed E-state index contributed by atoms with van der Waals surface area (Å²) in [6.07, 6.45) is -0.366. The smallest absolute Gasteiger partial charge is 0.408 e. The van der Waals surface area contributed by atoms with Gasteiger partial charge in [-0.1, -0.05) is 13.0 Å². The van der Waals surface area contributed by atoms with E-state index >= 15 is 0 Å². The molecule has 0 radical (unpaired) electrons. The molecule has 1 rings (SSSR count). The number of benzene rings is 1. The van der Waals surface area contributed by atoms with Gasteiger partial charge in [0.05, 0.1) is 6.61 Å². The summed E-state index contributed by atoms with van der Waals surface area (Å²) in [7, 11) is 0. The number of aromatic hydroxyl groups is 1. The van der Waals surface area contributed by atoms with E-state index in [-0.39, 0.29) is 5.75 Å². The third-order valence-corrected chi connectivity index (χ3v) is 5.47. The molecule has 1 aromatic rings. The molecule has 198 valence electrons. The molecule has 0 aliphatic rings. The number of rotatable bonds is 8. The first kappa shape index (κ1) is 30.2. The molecule has 9 heteroatoms. The number of aliphatic hydroxyl groups excluding tert-OH is 1. The van der Waals surface area contributed by atoms with Crippen LogP contribution in [0.25, 0.3) is 0 Å². The monoisotopic (exact) mass is 493 g/mol. The molecule has 0 saturated carbocycles. The van der Waals surface area contributed by atoms with Crippen LogP contribution >= 0.6 is 0 Å². The molecule has 0 spiro atoms. The number of phenols is 1. The fourth-order valence-corrected chi connectivity index (χ4v) is 3.45. The van der Waals surface area contributed by atoms with Crippen molar-refractivity contribution in [3.8, 4) is 5.75 Å². The highest BCUT2D eigenvalue weighted by Gasteiger charge is 2.43. The van der Waals surface area contributed by atoms with Crippen molar-refractivity contribution in [2.45, 2.75) is 104 Å². The number of nitrogens with zero attached hydrogens (tertiary/aromatic N) is 1. The van der Waals surface area contributed by atoms with Gasteiger partial charge in [-0.2, -0.15) is 0 Å². The Morgan fingerprint density at radius 1 is 1.06 bits per heavy atom. The van der Waals surface area contributed by atoms with Crippen molar-refractivity contribution in [2.24, 2.45) is 0 Å². The number of amides is 3. The number of hydrogen-bond donors (Lipinski definition) is 4. The molecule has 35 heavy (non-hydrogen) atoms. The fraction of sp³-hybridized carbons (Fsp3) is 0.654. The molecule has 2 unspecified atom stereocenters. The summed E-state index contributed by atoms with van der Waals surface area (Å²) < 4.78 is 5.26. The number of aryl methyl sites for hydroxylation is 1. The molecule has 0 saturated heterocycles. The standard InChI is InChI=1S/C26H43N3O6/c1-11-26(9,10)29(22(33)18(15-30)27-23(34)35-25(6,7)8)20(21(32)28-24(3,4)5)17-12-13-19(31)16(2)14-17/h12-14,18,20,30-31H,11,15H2,1-10H3,(H,27,34)(H,28,32). The minimum atomic E-state index is -1.33. The minimum absolute atomic E-state index is 0.0659. The largest absolute Gasteiger partial charge is 0.508 e. The highest BCUT2D eigenvalue weighted by atomic mass is 16.6. The highest BCUT2D eigenvalue weighted by molar-refractivity contribution is 5.93. The lowest BCUT2D eigenvalue weighted by atomic mass is 9.91. The number of carbonyl (C=O) groups is 3. The molecule has 0 aliphatic carbocycles. The van der Waals surface area contributed by atoms with Gasteiger partial charge >= 0.3 is 6.09 Å².